The molecule has 0 amide bonds. The number of unbranched alkanes of at least 4 members (excludes halogenated alkanes) is 1. The Labute approximate surface area is 158 Å². The zero-order valence-corrected chi connectivity index (χ0v) is 15.6. The maximum absolute atomic E-state index is 13.1. The summed E-state index contributed by atoms with van der Waals surface area (Å²) in [7, 11) is 0. The molecule has 0 saturated heterocycles. The average molecular weight is 370 g/mol. The molecule has 136 valence electrons. The summed E-state index contributed by atoms with van der Waals surface area (Å²) >= 11 is 4.99. The second kappa shape index (κ2) is 8.38. The van der Waals surface area contributed by atoms with E-state index in [4.69, 9.17) is 18.0 Å². The van der Waals surface area contributed by atoms with Gasteiger partial charge in [-0.1, -0.05) is 30.4 Å². The van der Waals surface area contributed by atoms with E-state index in [-0.39, 0.29) is 11.9 Å². The summed E-state index contributed by atoms with van der Waals surface area (Å²) in [6.07, 6.45) is 2.90. The smallest absolute Gasteiger partial charge is 0.124 e. The van der Waals surface area contributed by atoms with Gasteiger partial charge in [-0.15, -0.1) is 0 Å². The maximum atomic E-state index is 13.1. The molecular formula is C20H23FN4S. The largest absolute Gasteiger partial charge is 0.380 e. The number of nitrogens with zero attached hydrogens (tertiary/aromatic N) is 1. The lowest BCUT2D eigenvalue weighted by Gasteiger charge is -2.08. The van der Waals surface area contributed by atoms with Crippen molar-refractivity contribution in [3.63, 3.8) is 0 Å². The SMILES string of the molecule is CC(=S)NCCCC[C@H](N)c1nc2ccc(-c3ccc(F)cc3)cc2[nH]1. The van der Waals surface area contributed by atoms with E-state index in [1.807, 2.05) is 25.1 Å². The quantitative estimate of drug-likeness (QED) is 0.424. The fourth-order valence-electron chi connectivity index (χ4n) is 2.92. The summed E-state index contributed by atoms with van der Waals surface area (Å²) in [5.74, 6) is 0.566. The van der Waals surface area contributed by atoms with Crippen molar-refractivity contribution < 1.29 is 4.39 Å². The number of aromatic nitrogens is 2. The van der Waals surface area contributed by atoms with Crippen LogP contribution >= 0.6 is 12.2 Å². The molecule has 1 atom stereocenters. The molecule has 0 unspecified atom stereocenters. The Bertz CT molecular complexity index is 888. The van der Waals surface area contributed by atoms with Gasteiger partial charge in [0.1, 0.15) is 11.6 Å². The van der Waals surface area contributed by atoms with Crippen LogP contribution in [0.1, 0.15) is 38.1 Å². The van der Waals surface area contributed by atoms with Gasteiger partial charge in [0.25, 0.3) is 0 Å². The van der Waals surface area contributed by atoms with Crippen LogP contribution in [0.15, 0.2) is 42.5 Å². The number of halogens is 1. The van der Waals surface area contributed by atoms with E-state index < -0.39 is 0 Å². The van der Waals surface area contributed by atoms with Crippen molar-refractivity contribution in [2.45, 2.75) is 32.2 Å². The summed E-state index contributed by atoms with van der Waals surface area (Å²) in [6.45, 7) is 2.76. The van der Waals surface area contributed by atoms with Crippen LogP contribution in [0.25, 0.3) is 22.2 Å². The number of hydrogen-bond acceptors (Lipinski definition) is 3. The fourth-order valence-corrected chi connectivity index (χ4v) is 3.02. The van der Waals surface area contributed by atoms with Crippen molar-refractivity contribution >= 4 is 28.2 Å². The van der Waals surface area contributed by atoms with Crippen molar-refractivity contribution in [3.8, 4) is 11.1 Å². The highest BCUT2D eigenvalue weighted by molar-refractivity contribution is 7.80. The number of benzene rings is 2. The number of nitrogens with two attached hydrogens (primary N) is 1. The lowest BCUT2D eigenvalue weighted by molar-refractivity contribution is 0.564. The molecule has 3 rings (SSSR count). The molecule has 0 aliphatic rings. The van der Waals surface area contributed by atoms with Gasteiger partial charge in [0, 0.05) is 6.54 Å². The molecule has 3 aromatic rings. The number of H-pyrrole nitrogens is 1. The van der Waals surface area contributed by atoms with Gasteiger partial charge in [0.05, 0.1) is 22.1 Å². The monoisotopic (exact) mass is 370 g/mol. The first-order chi connectivity index (χ1) is 12.5. The number of thiocarbonyl (C=S) groups is 1. The molecule has 0 aliphatic heterocycles. The first kappa shape index (κ1) is 18.5. The second-order valence-corrected chi connectivity index (χ2v) is 7.06. The Balaban J connectivity index is 1.66. The van der Waals surface area contributed by atoms with E-state index in [0.717, 1.165) is 58.8 Å². The van der Waals surface area contributed by atoms with E-state index in [1.165, 1.54) is 12.1 Å². The molecule has 1 heterocycles. The Morgan fingerprint density at radius 1 is 1.19 bits per heavy atom. The van der Waals surface area contributed by atoms with Crippen molar-refractivity contribution in [3.05, 3.63) is 54.1 Å². The molecule has 4 N–H and O–H groups in total. The Kier molecular flexibility index (Phi) is 5.96. The highest BCUT2D eigenvalue weighted by atomic mass is 32.1. The molecular weight excluding hydrogens is 347 g/mol. The first-order valence-corrected chi connectivity index (χ1v) is 9.19. The van der Waals surface area contributed by atoms with Gasteiger partial charge in [0.2, 0.25) is 0 Å². The molecule has 0 fully saturated rings. The number of rotatable bonds is 7. The molecule has 4 nitrogen and oxygen atoms in total. The highest BCUT2D eigenvalue weighted by Gasteiger charge is 2.12. The average Bonchev–Trinajstić information content (AvgIpc) is 3.05. The summed E-state index contributed by atoms with van der Waals surface area (Å²) in [6, 6.07) is 12.3. The Morgan fingerprint density at radius 2 is 1.92 bits per heavy atom. The fraction of sp³-hybridized carbons (Fsp3) is 0.300. The molecule has 2 aromatic carbocycles. The minimum Gasteiger partial charge on any atom is -0.380 e. The number of nitrogens with one attached hydrogen (secondary N) is 2. The number of imidazole rings is 1. The van der Waals surface area contributed by atoms with Gasteiger partial charge in [-0.05, 0) is 61.6 Å². The van der Waals surface area contributed by atoms with Gasteiger partial charge < -0.3 is 16.0 Å². The topological polar surface area (TPSA) is 66.7 Å². The zero-order valence-electron chi connectivity index (χ0n) is 14.8. The normalized spacial score (nSPS) is 12.3. The lowest BCUT2D eigenvalue weighted by Crippen LogP contribution is -2.19. The molecule has 0 saturated carbocycles. The van der Waals surface area contributed by atoms with Crippen LogP contribution in [-0.2, 0) is 0 Å². The van der Waals surface area contributed by atoms with Crippen molar-refractivity contribution in [2.24, 2.45) is 5.73 Å². The van der Waals surface area contributed by atoms with Crippen molar-refractivity contribution in [1.29, 1.82) is 0 Å². The molecule has 26 heavy (non-hydrogen) atoms. The summed E-state index contributed by atoms with van der Waals surface area (Å²) in [4.78, 5) is 8.76. The van der Waals surface area contributed by atoms with Crippen molar-refractivity contribution in [2.75, 3.05) is 6.54 Å². The Morgan fingerprint density at radius 3 is 2.65 bits per heavy atom. The highest BCUT2D eigenvalue weighted by Crippen LogP contribution is 2.25. The van der Waals surface area contributed by atoms with Crippen LogP contribution in [0.2, 0.25) is 0 Å². The van der Waals surface area contributed by atoms with Gasteiger partial charge in [0.15, 0.2) is 0 Å². The van der Waals surface area contributed by atoms with Gasteiger partial charge in [-0.3, -0.25) is 0 Å². The van der Waals surface area contributed by atoms with E-state index in [1.54, 1.807) is 12.1 Å². The van der Waals surface area contributed by atoms with Crippen LogP contribution in [-0.4, -0.2) is 21.5 Å². The predicted molar refractivity (Wildman–Crippen MR) is 109 cm³/mol. The van der Waals surface area contributed by atoms with Gasteiger partial charge in [-0.25, -0.2) is 9.37 Å². The molecule has 0 radical (unpaired) electrons. The van der Waals surface area contributed by atoms with E-state index in [0.29, 0.717) is 0 Å². The standard InChI is InChI=1S/C20H23FN4S/c1-13(26)23-11-3-2-4-17(22)20-24-18-10-7-15(12-19(18)25-20)14-5-8-16(21)9-6-14/h5-10,12,17H,2-4,11,22H2,1H3,(H,23,26)(H,24,25)/t17-/m0/s1. The molecule has 0 spiro atoms. The maximum Gasteiger partial charge on any atom is 0.124 e. The van der Waals surface area contributed by atoms with Gasteiger partial charge in [-0.2, -0.15) is 0 Å². The second-order valence-electron chi connectivity index (χ2n) is 6.45. The first-order valence-electron chi connectivity index (χ1n) is 8.78. The molecule has 0 bridgehead atoms. The third kappa shape index (κ3) is 4.65. The summed E-state index contributed by atoms with van der Waals surface area (Å²) < 4.78 is 13.1. The minimum atomic E-state index is -0.236. The third-order valence-corrected chi connectivity index (χ3v) is 4.49. The van der Waals surface area contributed by atoms with Gasteiger partial charge >= 0.3 is 0 Å². The Hall–Kier alpha value is -2.31. The van der Waals surface area contributed by atoms with E-state index in [9.17, 15) is 4.39 Å². The van der Waals surface area contributed by atoms with Crippen LogP contribution in [0, 0.1) is 5.82 Å². The van der Waals surface area contributed by atoms with Crippen LogP contribution in [0.3, 0.4) is 0 Å². The van der Waals surface area contributed by atoms with E-state index in [2.05, 4.69) is 15.3 Å². The van der Waals surface area contributed by atoms with Crippen LogP contribution in [0.5, 0.6) is 0 Å². The lowest BCUT2D eigenvalue weighted by atomic mass is 10.1. The minimum absolute atomic E-state index is 0.120. The van der Waals surface area contributed by atoms with Crippen LogP contribution in [0.4, 0.5) is 4.39 Å². The zero-order chi connectivity index (χ0) is 18.5. The van der Waals surface area contributed by atoms with Crippen LogP contribution < -0.4 is 11.1 Å². The predicted octanol–water partition coefficient (Wildman–Crippen LogP) is 4.48. The number of aromatic amines is 1. The molecule has 6 heteroatoms. The molecule has 0 aliphatic carbocycles. The van der Waals surface area contributed by atoms with E-state index >= 15 is 0 Å². The number of fused-ring (bicyclic) bond motifs is 1. The summed E-state index contributed by atoms with van der Waals surface area (Å²) in [5, 5.41) is 3.15. The summed E-state index contributed by atoms with van der Waals surface area (Å²) in [5.41, 5.74) is 10.1. The molecule has 1 aromatic heterocycles. The number of hydrogen-bond donors (Lipinski definition) is 3. The third-order valence-electron chi connectivity index (χ3n) is 4.34. The van der Waals surface area contributed by atoms with Crippen molar-refractivity contribution in [1.82, 2.24) is 15.3 Å².